The second kappa shape index (κ2) is 6.49. The highest BCUT2D eigenvalue weighted by Gasteiger charge is 2.47. The fraction of sp³-hybridized carbons (Fsp3) is 0.235. The number of hydrogen-bond acceptors (Lipinski definition) is 4. The van der Waals surface area contributed by atoms with Gasteiger partial charge in [-0.2, -0.15) is 0 Å². The number of nitrogens with zero attached hydrogens (tertiary/aromatic N) is 1. The van der Waals surface area contributed by atoms with Gasteiger partial charge in [0.2, 0.25) is 0 Å². The molecule has 0 saturated carbocycles. The Hall–Kier alpha value is -2.60. The van der Waals surface area contributed by atoms with E-state index in [1.54, 1.807) is 24.4 Å². The van der Waals surface area contributed by atoms with Crippen molar-refractivity contribution in [2.45, 2.75) is 18.9 Å². The third-order valence-electron chi connectivity index (χ3n) is 3.76. The highest BCUT2D eigenvalue weighted by Crippen LogP contribution is 2.35. The number of carbonyl (C=O) groups excluding carboxylic acids is 2. The molecule has 0 aliphatic carbocycles. The van der Waals surface area contributed by atoms with Gasteiger partial charge in [0.15, 0.2) is 0 Å². The second-order valence-corrected chi connectivity index (χ2v) is 5.99. The number of hydrogen-bond donors (Lipinski definition) is 2. The highest BCUT2D eigenvalue weighted by molar-refractivity contribution is 6.31. The van der Waals surface area contributed by atoms with Crippen LogP contribution in [-0.2, 0) is 16.0 Å². The molecular weight excluding hydrogens is 330 g/mol. The fourth-order valence-corrected chi connectivity index (χ4v) is 2.54. The second-order valence-electron chi connectivity index (χ2n) is 5.56. The summed E-state index contributed by atoms with van der Waals surface area (Å²) < 4.78 is 5.65. The zero-order chi connectivity index (χ0) is 17.2. The predicted octanol–water partition coefficient (Wildman–Crippen LogP) is 2.18. The van der Waals surface area contributed by atoms with Crippen molar-refractivity contribution in [2.75, 3.05) is 11.9 Å². The van der Waals surface area contributed by atoms with Crippen LogP contribution >= 0.6 is 11.6 Å². The largest absolute Gasteiger partial charge is 0.466 e. The molecule has 0 spiro atoms. The third-order valence-corrected chi connectivity index (χ3v) is 4.00. The molecule has 0 radical (unpaired) electrons. The van der Waals surface area contributed by atoms with Gasteiger partial charge in [0.05, 0.1) is 5.69 Å². The number of pyridine rings is 1. The lowest BCUT2D eigenvalue weighted by Crippen LogP contribution is -2.58. The Morgan fingerprint density at radius 1 is 1.38 bits per heavy atom. The van der Waals surface area contributed by atoms with Gasteiger partial charge in [-0.1, -0.05) is 17.7 Å². The van der Waals surface area contributed by atoms with Gasteiger partial charge in [0, 0.05) is 29.9 Å². The molecule has 6 nitrogen and oxygen atoms in total. The molecule has 1 aromatic heterocycles. The summed E-state index contributed by atoms with van der Waals surface area (Å²) in [4.78, 5) is 29.0. The summed E-state index contributed by atoms with van der Waals surface area (Å²) in [5.74, 6) is -0.634. The van der Waals surface area contributed by atoms with Crippen LogP contribution in [0.25, 0.3) is 0 Å². The van der Waals surface area contributed by atoms with E-state index in [2.05, 4.69) is 15.6 Å². The zero-order valence-electron chi connectivity index (χ0n) is 13.0. The van der Waals surface area contributed by atoms with Crippen LogP contribution in [0.15, 0.2) is 42.6 Å². The average molecular weight is 346 g/mol. The Labute approximate surface area is 144 Å². The third kappa shape index (κ3) is 3.19. The van der Waals surface area contributed by atoms with Gasteiger partial charge >= 0.3 is 0 Å². The van der Waals surface area contributed by atoms with Gasteiger partial charge in [-0.05, 0) is 37.3 Å². The van der Waals surface area contributed by atoms with E-state index in [1.807, 2.05) is 18.2 Å². The topological polar surface area (TPSA) is 80.3 Å². The standard InChI is InChI=1S/C17H16ClN3O3/c1-17(15(22)20-9-7-12-4-2-3-8-19-12)16(23)21-13-10-11(18)5-6-14(13)24-17/h2-6,8,10H,7,9H2,1H3,(H,20,22)(H,21,23). The summed E-state index contributed by atoms with van der Waals surface area (Å²) in [7, 11) is 0. The maximum absolute atomic E-state index is 12.5. The molecule has 24 heavy (non-hydrogen) atoms. The number of aromatic nitrogens is 1. The lowest BCUT2D eigenvalue weighted by atomic mass is 10.0. The number of ether oxygens (including phenoxy) is 1. The predicted molar refractivity (Wildman–Crippen MR) is 90.1 cm³/mol. The number of benzene rings is 1. The molecule has 0 fully saturated rings. The van der Waals surface area contributed by atoms with Crippen molar-refractivity contribution in [1.29, 1.82) is 0 Å². The van der Waals surface area contributed by atoms with Crippen LogP contribution in [-0.4, -0.2) is 28.9 Å². The molecule has 2 amide bonds. The molecule has 1 aliphatic rings. The van der Waals surface area contributed by atoms with Crippen LogP contribution in [0, 0.1) is 0 Å². The number of fused-ring (bicyclic) bond motifs is 1. The Kier molecular flexibility index (Phi) is 4.40. The summed E-state index contributed by atoms with van der Waals surface area (Å²) in [6.45, 7) is 1.80. The number of halogens is 1. The number of anilines is 1. The van der Waals surface area contributed by atoms with Crippen LogP contribution in [0.3, 0.4) is 0 Å². The average Bonchev–Trinajstić information content (AvgIpc) is 2.57. The lowest BCUT2D eigenvalue weighted by molar-refractivity contribution is -0.146. The molecule has 1 atom stereocenters. The zero-order valence-corrected chi connectivity index (χ0v) is 13.8. The first-order chi connectivity index (χ1) is 11.5. The van der Waals surface area contributed by atoms with Gasteiger partial charge in [-0.3, -0.25) is 14.6 Å². The maximum atomic E-state index is 12.5. The van der Waals surface area contributed by atoms with Crippen LogP contribution in [0.5, 0.6) is 5.75 Å². The SMILES string of the molecule is CC1(C(=O)NCCc2ccccn2)Oc2ccc(Cl)cc2NC1=O. The van der Waals surface area contributed by atoms with Crippen LogP contribution < -0.4 is 15.4 Å². The van der Waals surface area contributed by atoms with Gasteiger partial charge in [0.25, 0.3) is 17.4 Å². The van der Waals surface area contributed by atoms with Crippen molar-refractivity contribution in [3.63, 3.8) is 0 Å². The minimum atomic E-state index is -1.63. The van der Waals surface area contributed by atoms with E-state index in [4.69, 9.17) is 16.3 Å². The number of amides is 2. The van der Waals surface area contributed by atoms with E-state index < -0.39 is 17.4 Å². The summed E-state index contributed by atoms with van der Waals surface area (Å²) in [6.07, 6.45) is 2.26. The number of rotatable bonds is 4. The van der Waals surface area contributed by atoms with Crippen molar-refractivity contribution in [1.82, 2.24) is 10.3 Å². The Balaban J connectivity index is 1.67. The molecule has 7 heteroatoms. The molecule has 2 N–H and O–H groups in total. The lowest BCUT2D eigenvalue weighted by Gasteiger charge is -2.33. The van der Waals surface area contributed by atoms with Crippen molar-refractivity contribution < 1.29 is 14.3 Å². The highest BCUT2D eigenvalue weighted by atomic mass is 35.5. The maximum Gasteiger partial charge on any atom is 0.278 e. The van der Waals surface area contributed by atoms with Crippen LogP contribution in [0.4, 0.5) is 5.69 Å². The summed E-state index contributed by atoms with van der Waals surface area (Å²) in [5.41, 5.74) is -0.325. The minimum Gasteiger partial charge on any atom is -0.466 e. The van der Waals surface area contributed by atoms with Crippen LogP contribution in [0.2, 0.25) is 5.02 Å². The molecular formula is C17H16ClN3O3. The summed E-state index contributed by atoms with van der Waals surface area (Å²) >= 11 is 5.89. The smallest absolute Gasteiger partial charge is 0.278 e. The Morgan fingerprint density at radius 3 is 2.96 bits per heavy atom. The Bertz CT molecular complexity index is 782. The van der Waals surface area contributed by atoms with Gasteiger partial charge in [-0.15, -0.1) is 0 Å². The molecule has 3 rings (SSSR count). The molecule has 2 heterocycles. The number of nitrogens with one attached hydrogen (secondary N) is 2. The molecule has 2 aromatic rings. The van der Waals surface area contributed by atoms with E-state index >= 15 is 0 Å². The first-order valence-corrected chi connectivity index (χ1v) is 7.85. The summed E-state index contributed by atoms with van der Waals surface area (Å²) in [6, 6.07) is 10.4. The van der Waals surface area contributed by atoms with E-state index in [-0.39, 0.29) is 0 Å². The number of carbonyl (C=O) groups is 2. The molecule has 0 bridgehead atoms. The summed E-state index contributed by atoms with van der Waals surface area (Å²) in [5, 5.41) is 5.86. The van der Waals surface area contributed by atoms with Crippen molar-refractivity contribution >= 4 is 29.1 Å². The molecule has 1 aromatic carbocycles. The van der Waals surface area contributed by atoms with Crippen molar-refractivity contribution in [2.24, 2.45) is 0 Å². The van der Waals surface area contributed by atoms with E-state index in [1.165, 1.54) is 6.92 Å². The minimum absolute atomic E-state index is 0.357. The quantitative estimate of drug-likeness (QED) is 0.832. The van der Waals surface area contributed by atoms with Gasteiger partial charge in [-0.25, -0.2) is 0 Å². The normalized spacial score (nSPS) is 19.0. The molecule has 0 saturated heterocycles. The molecule has 1 unspecified atom stereocenters. The van der Waals surface area contributed by atoms with Gasteiger partial charge < -0.3 is 15.4 Å². The van der Waals surface area contributed by atoms with E-state index in [9.17, 15) is 9.59 Å². The Morgan fingerprint density at radius 2 is 2.21 bits per heavy atom. The van der Waals surface area contributed by atoms with Crippen molar-refractivity contribution in [3.8, 4) is 5.75 Å². The van der Waals surface area contributed by atoms with Crippen molar-refractivity contribution in [3.05, 3.63) is 53.3 Å². The molecule has 1 aliphatic heterocycles. The molecule has 124 valence electrons. The van der Waals surface area contributed by atoms with E-state index in [0.29, 0.717) is 29.4 Å². The fourth-order valence-electron chi connectivity index (χ4n) is 2.36. The first-order valence-electron chi connectivity index (χ1n) is 7.47. The van der Waals surface area contributed by atoms with Crippen LogP contribution in [0.1, 0.15) is 12.6 Å². The van der Waals surface area contributed by atoms with Gasteiger partial charge in [0.1, 0.15) is 5.75 Å². The monoisotopic (exact) mass is 345 g/mol. The first kappa shape index (κ1) is 16.3. The van der Waals surface area contributed by atoms with E-state index in [0.717, 1.165) is 5.69 Å².